The Morgan fingerprint density at radius 2 is 1.90 bits per heavy atom. The van der Waals surface area contributed by atoms with Crippen LogP contribution >= 0.6 is 12.2 Å². The molecule has 4 heteroatoms. The van der Waals surface area contributed by atoms with E-state index >= 15 is 0 Å². The summed E-state index contributed by atoms with van der Waals surface area (Å²) in [6.45, 7) is 4.74. The van der Waals surface area contributed by atoms with E-state index in [0.717, 1.165) is 18.6 Å². The molecule has 0 unspecified atom stereocenters. The average Bonchev–Trinajstić information content (AvgIpc) is 1.91. The molecule has 60 valence electrons. The van der Waals surface area contributed by atoms with E-state index in [1.807, 2.05) is 0 Å². The number of nitrogens with two attached hydrogens (primary N) is 1. The van der Waals surface area contributed by atoms with Crippen LogP contribution in [0.2, 0.25) is 0 Å². The van der Waals surface area contributed by atoms with Crippen molar-refractivity contribution in [2.45, 2.75) is 0 Å². The zero-order chi connectivity index (χ0) is 7.82. The highest BCUT2D eigenvalue weighted by molar-refractivity contribution is 7.78. The second-order valence-electron chi connectivity index (χ2n) is 2.19. The molecule has 0 amide bonds. The molecule has 10 heavy (non-hydrogen) atoms. The number of thiocarbonyl (C=S) groups is 1. The van der Waals surface area contributed by atoms with Crippen molar-refractivity contribution in [3.05, 3.63) is 0 Å². The van der Waals surface area contributed by atoms with E-state index in [1.165, 1.54) is 13.1 Å². The van der Waals surface area contributed by atoms with Crippen molar-refractivity contribution >= 4 is 17.7 Å². The van der Waals surface area contributed by atoms with Crippen molar-refractivity contribution < 1.29 is 0 Å². The average molecular weight is 161 g/mol. The van der Waals surface area contributed by atoms with E-state index < -0.39 is 0 Å². The summed E-state index contributed by atoms with van der Waals surface area (Å²) < 4.78 is 0. The molecule has 1 aliphatic heterocycles. The summed E-state index contributed by atoms with van der Waals surface area (Å²) in [6.07, 6.45) is 0. The van der Waals surface area contributed by atoms with Crippen LogP contribution in [0, 0.1) is 0 Å². The van der Waals surface area contributed by atoms with E-state index in [2.05, 4.69) is 35.2 Å². The maximum atomic E-state index is 4.54. The zero-order valence-corrected chi connectivity index (χ0v) is 7.16. The van der Waals surface area contributed by atoms with Gasteiger partial charge in [-0.05, 0) is 7.05 Å². The van der Waals surface area contributed by atoms with Gasteiger partial charge in [0.25, 0.3) is 0 Å². The third-order valence-corrected chi connectivity index (χ3v) is 1.34. The number of hydrogen-bond donors (Lipinski definition) is 2. The van der Waals surface area contributed by atoms with Gasteiger partial charge in [-0.2, -0.15) is 0 Å². The van der Waals surface area contributed by atoms with Crippen molar-refractivity contribution in [3.8, 4) is 0 Å². The van der Waals surface area contributed by atoms with Crippen LogP contribution in [0.25, 0.3) is 0 Å². The van der Waals surface area contributed by atoms with Crippen LogP contribution in [0.5, 0.6) is 0 Å². The quantitative estimate of drug-likeness (QED) is 0.467. The molecule has 0 spiro atoms. The van der Waals surface area contributed by atoms with Gasteiger partial charge in [-0.3, -0.25) is 0 Å². The van der Waals surface area contributed by atoms with Crippen LogP contribution in [0.15, 0.2) is 0 Å². The van der Waals surface area contributed by atoms with Crippen molar-refractivity contribution in [2.24, 2.45) is 5.73 Å². The smallest absolute Gasteiger partial charge is 0.0588 e. The van der Waals surface area contributed by atoms with Crippen molar-refractivity contribution in [1.29, 1.82) is 0 Å². The third kappa shape index (κ3) is 5.94. The van der Waals surface area contributed by atoms with Crippen LogP contribution in [0.3, 0.4) is 0 Å². The van der Waals surface area contributed by atoms with Gasteiger partial charge >= 0.3 is 0 Å². The molecule has 0 aromatic carbocycles. The molecule has 0 aromatic rings. The van der Waals surface area contributed by atoms with Gasteiger partial charge in [0.2, 0.25) is 0 Å². The number of hydrogen-bond acceptors (Lipinski definition) is 3. The molecule has 0 atom stereocenters. The predicted molar refractivity (Wildman–Crippen MR) is 48.2 cm³/mol. The normalized spacial score (nSPS) is 18.9. The first kappa shape index (κ1) is 9.81. The van der Waals surface area contributed by atoms with E-state index in [-0.39, 0.29) is 0 Å². The minimum atomic E-state index is 1.08. The van der Waals surface area contributed by atoms with Gasteiger partial charge in [0, 0.05) is 26.2 Å². The van der Waals surface area contributed by atoms with Gasteiger partial charge in [0.15, 0.2) is 0 Å². The fourth-order valence-electron chi connectivity index (χ4n) is 0.777. The zero-order valence-electron chi connectivity index (χ0n) is 6.34. The third-order valence-electron chi connectivity index (χ3n) is 1.34. The van der Waals surface area contributed by atoms with E-state index in [1.54, 1.807) is 0 Å². The molecule has 1 heterocycles. The lowest BCUT2D eigenvalue weighted by molar-refractivity contribution is 0.291. The summed E-state index contributed by atoms with van der Waals surface area (Å²) in [7, 11) is 2.15. The lowest BCUT2D eigenvalue weighted by atomic mass is 10.4. The Morgan fingerprint density at radius 3 is 2.10 bits per heavy atom. The lowest BCUT2D eigenvalue weighted by Gasteiger charge is -2.21. The topological polar surface area (TPSA) is 41.3 Å². The Kier molecular flexibility index (Phi) is 6.79. The van der Waals surface area contributed by atoms with Crippen LogP contribution in [-0.4, -0.2) is 43.6 Å². The van der Waals surface area contributed by atoms with Crippen LogP contribution in [0.1, 0.15) is 0 Å². The van der Waals surface area contributed by atoms with Crippen LogP contribution in [-0.2, 0) is 0 Å². The molecule has 1 rings (SSSR count). The molecule has 0 radical (unpaired) electrons. The predicted octanol–water partition coefficient (Wildman–Crippen LogP) is -0.576. The fraction of sp³-hybridized carbons (Fsp3) is 0.833. The summed E-state index contributed by atoms with van der Waals surface area (Å²) in [4.78, 5) is 2.33. The van der Waals surface area contributed by atoms with Crippen LogP contribution in [0.4, 0.5) is 0 Å². The van der Waals surface area contributed by atoms with Gasteiger partial charge in [-0.25, -0.2) is 0 Å². The van der Waals surface area contributed by atoms with Crippen molar-refractivity contribution in [2.75, 3.05) is 33.2 Å². The Bertz CT molecular complexity index is 81.1. The number of likely N-dealkylation sites (N-methyl/N-ethyl adjacent to an activating group) is 1. The number of nitrogens with one attached hydrogen (secondary N) is 1. The largest absolute Gasteiger partial charge is 0.396 e. The molecule has 3 N–H and O–H groups in total. The fourth-order valence-corrected chi connectivity index (χ4v) is 0.777. The maximum Gasteiger partial charge on any atom is 0.0588 e. The maximum absolute atomic E-state index is 4.54. The van der Waals surface area contributed by atoms with Gasteiger partial charge in [0.1, 0.15) is 0 Å². The molecule has 3 nitrogen and oxygen atoms in total. The first-order valence-corrected chi connectivity index (χ1v) is 3.83. The van der Waals surface area contributed by atoms with Gasteiger partial charge < -0.3 is 16.0 Å². The van der Waals surface area contributed by atoms with E-state index in [9.17, 15) is 0 Å². The molecule has 0 aromatic heterocycles. The summed E-state index contributed by atoms with van der Waals surface area (Å²) >= 11 is 4.05. The Morgan fingerprint density at radius 1 is 1.50 bits per heavy atom. The second kappa shape index (κ2) is 6.92. The molecule has 0 aliphatic carbocycles. The van der Waals surface area contributed by atoms with Gasteiger partial charge in [-0.15, -0.1) is 0 Å². The summed E-state index contributed by atoms with van der Waals surface area (Å²) in [5.74, 6) is 0. The Labute approximate surface area is 67.6 Å². The molecule has 0 bridgehead atoms. The molecule has 0 saturated carbocycles. The highest BCUT2D eigenvalue weighted by atomic mass is 32.1. The summed E-state index contributed by atoms with van der Waals surface area (Å²) in [5, 5.41) is 3.27. The standard InChI is InChI=1S/C5H12N2.CH3NS/c1-7-4-2-6-3-5-7;2-1-3/h6H,2-5H2,1H3;1H,(H2,2,3). The SMILES string of the molecule is CN1CCNCC1.NC=S. The van der Waals surface area contributed by atoms with Gasteiger partial charge in [0.05, 0.1) is 5.49 Å². The second-order valence-corrected chi connectivity index (χ2v) is 2.46. The number of rotatable bonds is 0. The monoisotopic (exact) mass is 161 g/mol. The van der Waals surface area contributed by atoms with E-state index in [0.29, 0.717) is 0 Å². The Balaban J connectivity index is 0.000000236. The molecule has 1 saturated heterocycles. The van der Waals surface area contributed by atoms with E-state index in [4.69, 9.17) is 0 Å². The summed E-state index contributed by atoms with van der Waals surface area (Å²) in [6, 6.07) is 0. The number of nitrogens with zero attached hydrogens (tertiary/aromatic N) is 1. The summed E-state index contributed by atoms with van der Waals surface area (Å²) in [5.41, 5.74) is 5.62. The van der Waals surface area contributed by atoms with Crippen LogP contribution < -0.4 is 11.1 Å². The highest BCUT2D eigenvalue weighted by Gasteiger charge is 2.01. The van der Waals surface area contributed by atoms with Crippen molar-refractivity contribution in [3.63, 3.8) is 0 Å². The van der Waals surface area contributed by atoms with Crippen molar-refractivity contribution in [1.82, 2.24) is 10.2 Å². The lowest BCUT2D eigenvalue weighted by Crippen LogP contribution is -2.40. The Hall–Kier alpha value is -0.190. The highest BCUT2D eigenvalue weighted by Crippen LogP contribution is 1.82. The van der Waals surface area contributed by atoms with Gasteiger partial charge in [-0.1, -0.05) is 12.2 Å². The first-order chi connectivity index (χ1) is 4.81. The molecular weight excluding hydrogens is 146 g/mol. The molecule has 1 fully saturated rings. The number of piperazine rings is 1. The first-order valence-electron chi connectivity index (χ1n) is 3.36. The minimum absolute atomic E-state index is 1.08. The molecular formula is C6H15N3S. The minimum Gasteiger partial charge on any atom is -0.396 e. The molecule has 1 aliphatic rings.